The largest absolute Gasteiger partial charge is 0.439 e. The van der Waals surface area contributed by atoms with E-state index in [0.29, 0.717) is 22.2 Å². The normalized spacial score (nSPS) is 10.9. The third-order valence-corrected chi connectivity index (χ3v) is 4.01. The minimum Gasteiger partial charge on any atom is -0.355 e. The summed E-state index contributed by atoms with van der Waals surface area (Å²) in [5.41, 5.74) is 1.61. The lowest BCUT2D eigenvalue weighted by Crippen LogP contribution is -2.13. The van der Waals surface area contributed by atoms with E-state index >= 15 is 0 Å². The summed E-state index contributed by atoms with van der Waals surface area (Å²) in [6, 6.07) is 12.2. The Morgan fingerprint density at radius 3 is 2.76 bits per heavy atom. The van der Waals surface area contributed by atoms with Crippen LogP contribution in [0.25, 0.3) is 22.4 Å². The van der Waals surface area contributed by atoms with Crippen LogP contribution in [0.3, 0.4) is 0 Å². The van der Waals surface area contributed by atoms with Gasteiger partial charge < -0.3 is 9.84 Å². The first-order chi connectivity index (χ1) is 12.1. The highest BCUT2D eigenvalue weighted by atomic mass is 79.9. The molecule has 9 heteroatoms. The fourth-order valence-electron chi connectivity index (χ4n) is 2.40. The van der Waals surface area contributed by atoms with Crippen molar-refractivity contribution in [2.45, 2.75) is 0 Å². The number of hydrogen-bond acceptors (Lipinski definition) is 6. The van der Waals surface area contributed by atoms with Gasteiger partial charge in [-0.25, -0.2) is 4.79 Å². The van der Waals surface area contributed by atoms with Crippen molar-refractivity contribution in [1.82, 2.24) is 15.3 Å². The zero-order valence-corrected chi connectivity index (χ0v) is 14.0. The quantitative estimate of drug-likeness (QED) is 0.545. The Labute approximate surface area is 147 Å². The SMILES string of the molecule is O=C(Nc1ccc(Br)cc1-c1noc(=O)[nH]1)c1noc2ccccc12. The van der Waals surface area contributed by atoms with E-state index in [4.69, 9.17) is 4.52 Å². The van der Waals surface area contributed by atoms with Gasteiger partial charge in [0.05, 0.1) is 11.1 Å². The number of nitrogens with one attached hydrogen (secondary N) is 2. The van der Waals surface area contributed by atoms with E-state index in [1.54, 1.807) is 42.5 Å². The summed E-state index contributed by atoms with van der Waals surface area (Å²) >= 11 is 3.35. The zero-order chi connectivity index (χ0) is 17.4. The van der Waals surface area contributed by atoms with Gasteiger partial charge in [0, 0.05) is 10.0 Å². The average Bonchev–Trinajstić information content (AvgIpc) is 3.22. The molecule has 4 rings (SSSR count). The Balaban J connectivity index is 1.73. The van der Waals surface area contributed by atoms with Gasteiger partial charge in [-0.1, -0.05) is 38.4 Å². The topological polar surface area (TPSA) is 114 Å². The fraction of sp³-hybridized carbons (Fsp3) is 0. The van der Waals surface area contributed by atoms with Gasteiger partial charge in [0.1, 0.15) is 0 Å². The number of rotatable bonds is 3. The smallest absolute Gasteiger partial charge is 0.355 e. The molecule has 0 spiro atoms. The van der Waals surface area contributed by atoms with Crippen molar-refractivity contribution in [3.05, 3.63) is 63.2 Å². The molecule has 0 saturated heterocycles. The molecule has 2 aromatic carbocycles. The van der Waals surface area contributed by atoms with E-state index in [9.17, 15) is 9.59 Å². The lowest BCUT2D eigenvalue weighted by atomic mass is 10.1. The maximum Gasteiger partial charge on any atom is 0.439 e. The molecule has 0 aliphatic heterocycles. The van der Waals surface area contributed by atoms with E-state index < -0.39 is 11.7 Å². The van der Waals surface area contributed by atoms with Gasteiger partial charge >= 0.3 is 5.76 Å². The molecule has 0 unspecified atom stereocenters. The number of carbonyl (C=O) groups is 1. The summed E-state index contributed by atoms with van der Waals surface area (Å²) in [6.45, 7) is 0. The van der Waals surface area contributed by atoms with Crippen LogP contribution in [0.5, 0.6) is 0 Å². The lowest BCUT2D eigenvalue weighted by molar-refractivity contribution is 0.102. The summed E-state index contributed by atoms with van der Waals surface area (Å²) in [5.74, 6) is -0.930. The fourth-order valence-corrected chi connectivity index (χ4v) is 2.76. The molecular formula is C16H9BrN4O4. The van der Waals surface area contributed by atoms with Gasteiger partial charge in [-0.3, -0.25) is 14.3 Å². The maximum absolute atomic E-state index is 12.6. The molecule has 2 N–H and O–H groups in total. The summed E-state index contributed by atoms with van der Waals surface area (Å²) in [6.07, 6.45) is 0. The Morgan fingerprint density at radius 2 is 1.96 bits per heavy atom. The summed E-state index contributed by atoms with van der Waals surface area (Å²) in [5, 5.41) is 10.8. The van der Waals surface area contributed by atoms with Crippen LogP contribution in [-0.4, -0.2) is 21.2 Å². The van der Waals surface area contributed by atoms with Gasteiger partial charge in [0.15, 0.2) is 17.1 Å². The highest BCUT2D eigenvalue weighted by Gasteiger charge is 2.18. The van der Waals surface area contributed by atoms with Crippen molar-refractivity contribution in [3.8, 4) is 11.4 Å². The van der Waals surface area contributed by atoms with E-state index in [1.807, 2.05) is 0 Å². The van der Waals surface area contributed by atoms with Gasteiger partial charge in [-0.15, -0.1) is 0 Å². The summed E-state index contributed by atoms with van der Waals surface area (Å²) < 4.78 is 10.4. The molecule has 4 aromatic rings. The maximum atomic E-state index is 12.6. The molecule has 0 bridgehead atoms. The second kappa shape index (κ2) is 6.02. The number of carbonyl (C=O) groups excluding carboxylic acids is 1. The molecule has 0 atom stereocenters. The molecule has 0 saturated carbocycles. The minimum absolute atomic E-state index is 0.165. The molecule has 0 radical (unpaired) electrons. The molecule has 2 aromatic heterocycles. The molecule has 8 nitrogen and oxygen atoms in total. The first-order valence-electron chi connectivity index (χ1n) is 7.13. The first-order valence-corrected chi connectivity index (χ1v) is 7.93. The van der Waals surface area contributed by atoms with Crippen molar-refractivity contribution in [1.29, 1.82) is 0 Å². The van der Waals surface area contributed by atoms with Crippen LogP contribution in [0.15, 0.2) is 60.8 Å². The highest BCUT2D eigenvalue weighted by Crippen LogP contribution is 2.29. The number of aromatic nitrogens is 3. The molecular weight excluding hydrogens is 392 g/mol. The van der Waals surface area contributed by atoms with E-state index in [-0.39, 0.29) is 11.5 Å². The number of para-hydroxylation sites is 1. The first kappa shape index (κ1) is 15.3. The molecule has 0 fully saturated rings. The summed E-state index contributed by atoms with van der Waals surface area (Å²) in [7, 11) is 0. The van der Waals surface area contributed by atoms with Crippen LogP contribution >= 0.6 is 15.9 Å². The number of halogens is 1. The molecule has 0 aliphatic rings. The second-order valence-corrected chi connectivity index (χ2v) is 6.03. The minimum atomic E-state index is -0.685. The van der Waals surface area contributed by atoms with E-state index in [1.165, 1.54) is 0 Å². The summed E-state index contributed by atoms with van der Waals surface area (Å²) in [4.78, 5) is 26.3. The Morgan fingerprint density at radius 1 is 1.12 bits per heavy atom. The Kier molecular flexibility index (Phi) is 3.69. The number of nitrogens with zero attached hydrogens (tertiary/aromatic N) is 2. The van der Waals surface area contributed by atoms with Crippen LogP contribution < -0.4 is 11.1 Å². The number of fused-ring (bicyclic) bond motifs is 1. The standard InChI is InChI=1S/C16H9BrN4O4/c17-8-5-6-11(10(7-8)14-19-16(23)25-21-14)18-15(22)13-9-3-1-2-4-12(9)24-20-13/h1-7H,(H,18,22)(H,19,21,23). The van der Waals surface area contributed by atoms with Gasteiger partial charge in [0.25, 0.3) is 5.91 Å². The monoisotopic (exact) mass is 400 g/mol. The van der Waals surface area contributed by atoms with Crippen LogP contribution in [0.2, 0.25) is 0 Å². The highest BCUT2D eigenvalue weighted by molar-refractivity contribution is 9.10. The lowest BCUT2D eigenvalue weighted by Gasteiger charge is -2.08. The van der Waals surface area contributed by atoms with Crippen molar-refractivity contribution in [2.24, 2.45) is 0 Å². The van der Waals surface area contributed by atoms with Gasteiger partial charge in [-0.05, 0) is 30.3 Å². The second-order valence-electron chi connectivity index (χ2n) is 5.12. The third kappa shape index (κ3) is 2.85. The van der Waals surface area contributed by atoms with E-state index in [0.717, 1.165) is 4.47 Å². The van der Waals surface area contributed by atoms with Crippen molar-refractivity contribution >= 4 is 38.5 Å². The Bertz CT molecular complexity index is 1140. The van der Waals surface area contributed by atoms with Crippen LogP contribution in [0.4, 0.5) is 5.69 Å². The molecule has 1 amide bonds. The number of aromatic amines is 1. The van der Waals surface area contributed by atoms with Crippen molar-refractivity contribution in [2.75, 3.05) is 5.32 Å². The molecule has 0 aliphatic carbocycles. The molecule has 25 heavy (non-hydrogen) atoms. The number of anilines is 1. The Hall–Kier alpha value is -3.20. The number of benzene rings is 2. The van der Waals surface area contributed by atoms with Crippen molar-refractivity contribution in [3.63, 3.8) is 0 Å². The van der Waals surface area contributed by atoms with Crippen LogP contribution in [0.1, 0.15) is 10.5 Å². The predicted molar refractivity (Wildman–Crippen MR) is 92.2 cm³/mol. The van der Waals surface area contributed by atoms with Crippen LogP contribution in [0, 0.1) is 0 Å². The number of hydrogen-bond donors (Lipinski definition) is 2. The average molecular weight is 401 g/mol. The van der Waals surface area contributed by atoms with E-state index in [2.05, 4.69) is 41.1 Å². The molecule has 2 heterocycles. The van der Waals surface area contributed by atoms with Gasteiger partial charge in [-0.2, -0.15) is 0 Å². The van der Waals surface area contributed by atoms with Gasteiger partial charge in [0.2, 0.25) is 0 Å². The van der Waals surface area contributed by atoms with Crippen LogP contribution in [-0.2, 0) is 0 Å². The third-order valence-electron chi connectivity index (χ3n) is 3.52. The zero-order valence-electron chi connectivity index (χ0n) is 12.4. The van der Waals surface area contributed by atoms with Crippen molar-refractivity contribution < 1.29 is 13.8 Å². The number of amides is 1. The molecule has 124 valence electrons. The predicted octanol–water partition coefficient (Wildman–Crippen LogP) is 3.19. The number of H-pyrrole nitrogens is 1.